The second-order valence-electron chi connectivity index (χ2n) is 4.89. The molecule has 0 unspecified atom stereocenters. The highest BCUT2D eigenvalue weighted by molar-refractivity contribution is 9.10. The number of benzene rings is 1. The highest BCUT2D eigenvalue weighted by Crippen LogP contribution is 2.19. The Hall–Kier alpha value is -1.23. The summed E-state index contributed by atoms with van der Waals surface area (Å²) in [6.45, 7) is 5.23. The molecule has 0 spiro atoms. The Morgan fingerprint density at radius 3 is 2.56 bits per heavy atom. The van der Waals surface area contributed by atoms with Crippen LogP contribution in [0.1, 0.15) is 26.3 Å². The van der Waals surface area contributed by atoms with Crippen molar-refractivity contribution < 1.29 is 13.9 Å². The number of carbonyl (C=O) groups excluding carboxylic acids is 1. The molecule has 0 saturated heterocycles. The number of halogens is 2. The van der Waals surface area contributed by atoms with E-state index in [2.05, 4.69) is 15.9 Å². The van der Waals surface area contributed by atoms with Crippen LogP contribution in [0.25, 0.3) is 0 Å². The number of nitrogens with one attached hydrogen (secondary N) is 1. The minimum absolute atomic E-state index is 0.107. The Labute approximate surface area is 114 Å². The molecule has 1 aromatic rings. The molecular weight excluding hydrogens is 301 g/mol. The van der Waals surface area contributed by atoms with Crippen molar-refractivity contribution in [2.75, 3.05) is 0 Å². The predicted octanol–water partition coefficient (Wildman–Crippen LogP) is 3.49. The summed E-state index contributed by atoms with van der Waals surface area (Å²) < 4.78 is 18.5. The van der Waals surface area contributed by atoms with Gasteiger partial charge in [-0.15, -0.1) is 0 Å². The lowest BCUT2D eigenvalue weighted by Crippen LogP contribution is -2.29. The molecule has 0 saturated carbocycles. The van der Waals surface area contributed by atoms with Crippen LogP contribution in [0, 0.1) is 11.2 Å². The molecule has 1 aromatic carbocycles. The van der Waals surface area contributed by atoms with E-state index in [-0.39, 0.29) is 17.9 Å². The second-order valence-corrected chi connectivity index (χ2v) is 5.75. The Bertz CT molecular complexity index is 480. The molecule has 0 aromatic heterocycles. The summed E-state index contributed by atoms with van der Waals surface area (Å²) in [5.41, 5.74) is -0.104. The number of carbonyl (C=O) groups is 1. The van der Waals surface area contributed by atoms with Crippen LogP contribution in [0.3, 0.4) is 0 Å². The van der Waals surface area contributed by atoms with Crippen molar-refractivity contribution >= 4 is 27.6 Å². The Balaban J connectivity index is 2.73. The quantitative estimate of drug-likeness (QED) is 0.685. The zero-order valence-electron chi connectivity index (χ0n) is 10.5. The fourth-order valence-electron chi connectivity index (χ4n) is 1.27. The average molecular weight is 316 g/mol. The molecule has 0 atom stereocenters. The summed E-state index contributed by atoms with van der Waals surface area (Å²) in [7, 11) is 0. The van der Waals surface area contributed by atoms with E-state index in [0.717, 1.165) is 0 Å². The van der Waals surface area contributed by atoms with Crippen molar-refractivity contribution in [3.63, 3.8) is 0 Å². The van der Waals surface area contributed by atoms with E-state index in [1.807, 2.05) is 0 Å². The Kier molecular flexibility index (Phi) is 4.62. The second kappa shape index (κ2) is 5.61. The molecule has 0 heterocycles. The summed E-state index contributed by atoms with van der Waals surface area (Å²) in [6, 6.07) is 4.14. The van der Waals surface area contributed by atoms with Gasteiger partial charge in [0.1, 0.15) is 17.1 Å². The number of rotatable bonds is 3. The first-order valence-electron chi connectivity index (χ1n) is 5.44. The average Bonchev–Trinajstić information content (AvgIpc) is 2.19. The third-order valence-electron chi connectivity index (χ3n) is 2.03. The number of ether oxygens (including phenoxy) is 1. The van der Waals surface area contributed by atoms with Crippen molar-refractivity contribution in [2.45, 2.75) is 32.8 Å². The lowest BCUT2D eigenvalue weighted by atomic mass is 10.1. The van der Waals surface area contributed by atoms with Gasteiger partial charge in [-0.3, -0.25) is 5.41 Å². The molecule has 0 bridgehead atoms. The first-order valence-corrected chi connectivity index (χ1v) is 6.23. The van der Waals surface area contributed by atoms with E-state index in [9.17, 15) is 9.18 Å². The third-order valence-corrected chi connectivity index (χ3v) is 2.77. The van der Waals surface area contributed by atoms with Gasteiger partial charge in [0.25, 0.3) is 0 Å². The maximum absolute atomic E-state index is 12.9. The highest BCUT2D eigenvalue weighted by Gasteiger charge is 2.20. The smallest absolute Gasteiger partial charge is 0.352 e. The van der Waals surface area contributed by atoms with Crippen molar-refractivity contribution in [1.29, 1.82) is 5.41 Å². The molecule has 0 aliphatic carbocycles. The van der Waals surface area contributed by atoms with E-state index in [4.69, 9.17) is 10.1 Å². The zero-order valence-corrected chi connectivity index (χ0v) is 12.1. The Morgan fingerprint density at radius 2 is 2.06 bits per heavy atom. The van der Waals surface area contributed by atoms with Crippen LogP contribution >= 0.6 is 15.9 Å². The van der Waals surface area contributed by atoms with Crippen molar-refractivity contribution in [3.05, 3.63) is 34.1 Å². The summed E-state index contributed by atoms with van der Waals surface area (Å²) in [5, 5.41) is 7.67. The van der Waals surface area contributed by atoms with E-state index in [1.165, 1.54) is 12.1 Å². The molecule has 0 aliphatic heterocycles. The minimum atomic E-state index is -0.654. The molecule has 5 heteroatoms. The molecule has 1 N–H and O–H groups in total. The van der Waals surface area contributed by atoms with Crippen molar-refractivity contribution in [1.82, 2.24) is 0 Å². The van der Waals surface area contributed by atoms with Crippen molar-refractivity contribution in [2.24, 2.45) is 0 Å². The van der Waals surface area contributed by atoms with E-state index in [1.54, 1.807) is 26.8 Å². The van der Waals surface area contributed by atoms with Crippen LogP contribution in [0.15, 0.2) is 22.7 Å². The van der Waals surface area contributed by atoms with Gasteiger partial charge < -0.3 is 4.74 Å². The molecule has 0 amide bonds. The van der Waals surface area contributed by atoms with Gasteiger partial charge >= 0.3 is 5.97 Å². The lowest BCUT2D eigenvalue weighted by molar-refractivity contribution is -0.146. The first kappa shape index (κ1) is 14.8. The molecule has 1 rings (SSSR count). The van der Waals surface area contributed by atoms with E-state index >= 15 is 0 Å². The topological polar surface area (TPSA) is 50.2 Å². The lowest BCUT2D eigenvalue weighted by Gasteiger charge is -2.19. The molecule has 0 radical (unpaired) electrons. The zero-order chi connectivity index (χ0) is 13.9. The summed E-state index contributed by atoms with van der Waals surface area (Å²) in [5.74, 6) is -1.02. The predicted molar refractivity (Wildman–Crippen MR) is 71.4 cm³/mol. The van der Waals surface area contributed by atoms with Crippen LogP contribution in [0.5, 0.6) is 0 Å². The van der Waals surface area contributed by atoms with Crippen LogP contribution in [-0.2, 0) is 16.0 Å². The minimum Gasteiger partial charge on any atom is -0.455 e. The molecule has 98 valence electrons. The third kappa shape index (κ3) is 4.56. The molecule has 0 aliphatic rings. The SMILES string of the molecule is CC(C)(C)OC(=O)C(=N)Cc1ccc(F)cc1Br. The molecule has 3 nitrogen and oxygen atoms in total. The van der Waals surface area contributed by atoms with Crippen LogP contribution < -0.4 is 0 Å². The van der Waals surface area contributed by atoms with Crippen LogP contribution in [0.2, 0.25) is 0 Å². The molecule has 18 heavy (non-hydrogen) atoms. The van der Waals surface area contributed by atoms with Gasteiger partial charge in [0, 0.05) is 10.9 Å². The standard InChI is InChI=1S/C13H15BrFNO2/c1-13(2,3)18-12(17)11(16)6-8-4-5-9(15)7-10(8)14/h4-5,7,16H,6H2,1-3H3. The monoisotopic (exact) mass is 315 g/mol. The summed E-state index contributed by atoms with van der Waals surface area (Å²) >= 11 is 3.20. The van der Waals surface area contributed by atoms with Crippen molar-refractivity contribution in [3.8, 4) is 0 Å². The van der Waals surface area contributed by atoms with Gasteiger partial charge in [0.2, 0.25) is 0 Å². The number of hydrogen-bond donors (Lipinski definition) is 1. The number of hydrogen-bond acceptors (Lipinski definition) is 3. The first-order chi connectivity index (χ1) is 8.19. The van der Waals surface area contributed by atoms with Gasteiger partial charge in [-0.2, -0.15) is 0 Å². The van der Waals surface area contributed by atoms with Gasteiger partial charge in [0.05, 0.1) is 0 Å². The van der Waals surface area contributed by atoms with Gasteiger partial charge in [-0.1, -0.05) is 22.0 Å². The maximum atomic E-state index is 12.9. The normalized spacial score (nSPS) is 11.2. The Morgan fingerprint density at radius 1 is 1.44 bits per heavy atom. The van der Waals surface area contributed by atoms with E-state index < -0.39 is 11.6 Å². The fourth-order valence-corrected chi connectivity index (χ4v) is 1.76. The van der Waals surface area contributed by atoms with Gasteiger partial charge in [-0.25, -0.2) is 9.18 Å². The molecule has 0 fully saturated rings. The van der Waals surface area contributed by atoms with E-state index in [0.29, 0.717) is 10.0 Å². The highest BCUT2D eigenvalue weighted by atomic mass is 79.9. The fraction of sp³-hybridized carbons (Fsp3) is 0.385. The summed E-state index contributed by atoms with van der Waals surface area (Å²) in [6.07, 6.45) is 0.107. The number of esters is 1. The summed E-state index contributed by atoms with van der Waals surface area (Å²) in [4.78, 5) is 11.6. The largest absolute Gasteiger partial charge is 0.455 e. The maximum Gasteiger partial charge on any atom is 0.352 e. The van der Waals surface area contributed by atoms with Crippen LogP contribution in [-0.4, -0.2) is 17.3 Å². The molecular formula is C13H15BrFNO2. The van der Waals surface area contributed by atoms with Crippen LogP contribution in [0.4, 0.5) is 4.39 Å². The van der Waals surface area contributed by atoms with Gasteiger partial charge in [-0.05, 0) is 38.5 Å². The van der Waals surface area contributed by atoms with Gasteiger partial charge in [0.15, 0.2) is 0 Å².